The number of ether oxygens (including phenoxy) is 1. The summed E-state index contributed by atoms with van der Waals surface area (Å²) in [5.74, 6) is 3.34. The number of furan rings is 1. The fourth-order valence-electron chi connectivity index (χ4n) is 1.76. The fourth-order valence-corrected chi connectivity index (χ4v) is 2.52. The van der Waals surface area contributed by atoms with E-state index in [9.17, 15) is 4.79 Å². The Balaban J connectivity index is 1.63. The van der Waals surface area contributed by atoms with Crippen molar-refractivity contribution in [2.75, 3.05) is 19.4 Å². The van der Waals surface area contributed by atoms with Gasteiger partial charge in [0.25, 0.3) is 0 Å². The highest BCUT2D eigenvalue weighted by molar-refractivity contribution is 7.98. The molecule has 0 bridgehead atoms. The minimum absolute atomic E-state index is 0.0885. The van der Waals surface area contributed by atoms with Gasteiger partial charge in [-0.2, -0.15) is 11.8 Å². The van der Waals surface area contributed by atoms with Crippen molar-refractivity contribution in [1.29, 1.82) is 0 Å². The molecule has 0 fully saturated rings. The van der Waals surface area contributed by atoms with Crippen LogP contribution in [0.15, 0.2) is 53.2 Å². The van der Waals surface area contributed by atoms with Crippen molar-refractivity contribution in [2.24, 2.45) is 0 Å². The fraction of sp³-hybridized carbons (Fsp3) is 0.235. The molecule has 116 valence electrons. The molecule has 0 aliphatic carbocycles. The van der Waals surface area contributed by atoms with Gasteiger partial charge in [-0.25, -0.2) is 0 Å². The number of thioether (sulfide) groups is 1. The van der Waals surface area contributed by atoms with Crippen LogP contribution in [-0.2, 0) is 10.5 Å². The van der Waals surface area contributed by atoms with E-state index in [4.69, 9.17) is 9.15 Å². The predicted octanol–water partition coefficient (Wildman–Crippen LogP) is 3.35. The van der Waals surface area contributed by atoms with Crippen molar-refractivity contribution in [2.45, 2.75) is 5.75 Å². The second-order valence-electron chi connectivity index (χ2n) is 4.53. The van der Waals surface area contributed by atoms with Crippen molar-refractivity contribution in [1.82, 2.24) is 5.32 Å². The summed E-state index contributed by atoms with van der Waals surface area (Å²) in [5.41, 5.74) is 0.961. The highest BCUT2D eigenvalue weighted by Gasteiger charge is 1.98. The zero-order chi connectivity index (χ0) is 15.6. The molecule has 1 heterocycles. The topological polar surface area (TPSA) is 51.5 Å². The second-order valence-corrected chi connectivity index (χ2v) is 5.63. The van der Waals surface area contributed by atoms with E-state index >= 15 is 0 Å². The maximum Gasteiger partial charge on any atom is 0.244 e. The maximum absolute atomic E-state index is 11.7. The van der Waals surface area contributed by atoms with Crippen molar-refractivity contribution < 1.29 is 13.9 Å². The summed E-state index contributed by atoms with van der Waals surface area (Å²) in [4.78, 5) is 11.7. The van der Waals surface area contributed by atoms with Gasteiger partial charge in [0, 0.05) is 18.4 Å². The molecular weight excluding hydrogens is 298 g/mol. The number of hydrogen-bond donors (Lipinski definition) is 1. The van der Waals surface area contributed by atoms with Crippen LogP contribution in [-0.4, -0.2) is 25.3 Å². The number of carbonyl (C=O) groups is 1. The molecule has 0 aliphatic heterocycles. The number of amides is 1. The highest BCUT2D eigenvalue weighted by atomic mass is 32.2. The van der Waals surface area contributed by atoms with Crippen LogP contribution >= 0.6 is 11.8 Å². The van der Waals surface area contributed by atoms with Gasteiger partial charge < -0.3 is 14.5 Å². The van der Waals surface area contributed by atoms with E-state index in [2.05, 4.69) is 5.32 Å². The molecular formula is C17H19NO3S. The van der Waals surface area contributed by atoms with E-state index in [1.165, 1.54) is 0 Å². The third kappa shape index (κ3) is 5.69. The van der Waals surface area contributed by atoms with Crippen LogP contribution in [0.25, 0.3) is 6.08 Å². The van der Waals surface area contributed by atoms with Crippen molar-refractivity contribution >= 4 is 23.7 Å². The summed E-state index contributed by atoms with van der Waals surface area (Å²) >= 11 is 1.73. The zero-order valence-corrected chi connectivity index (χ0v) is 13.3. The van der Waals surface area contributed by atoms with Crippen LogP contribution in [0.2, 0.25) is 0 Å². The number of rotatable bonds is 8. The molecule has 2 aromatic rings. The van der Waals surface area contributed by atoms with Crippen LogP contribution in [0.3, 0.4) is 0 Å². The van der Waals surface area contributed by atoms with Gasteiger partial charge in [-0.3, -0.25) is 4.79 Å². The minimum Gasteiger partial charge on any atom is -0.497 e. The quantitative estimate of drug-likeness (QED) is 0.599. The Morgan fingerprint density at radius 1 is 1.32 bits per heavy atom. The van der Waals surface area contributed by atoms with E-state index in [1.807, 2.05) is 36.4 Å². The first kappa shape index (κ1) is 16.2. The number of benzene rings is 1. The Morgan fingerprint density at radius 3 is 2.82 bits per heavy atom. The lowest BCUT2D eigenvalue weighted by Gasteiger charge is -2.02. The third-order valence-corrected chi connectivity index (χ3v) is 3.89. The normalized spacial score (nSPS) is 10.8. The van der Waals surface area contributed by atoms with E-state index < -0.39 is 0 Å². The Bertz CT molecular complexity index is 591. The minimum atomic E-state index is -0.0885. The third-order valence-electron chi connectivity index (χ3n) is 2.91. The lowest BCUT2D eigenvalue weighted by Crippen LogP contribution is -2.23. The SMILES string of the molecule is COc1ccc(C=CC(=O)NCCSCc2ccco2)cc1. The Morgan fingerprint density at radius 2 is 2.14 bits per heavy atom. The highest BCUT2D eigenvalue weighted by Crippen LogP contribution is 2.12. The van der Waals surface area contributed by atoms with Crippen LogP contribution in [0, 0.1) is 0 Å². The first-order valence-corrected chi connectivity index (χ1v) is 8.13. The first-order valence-electron chi connectivity index (χ1n) is 6.98. The molecule has 0 saturated carbocycles. The molecule has 0 atom stereocenters. The summed E-state index contributed by atoms with van der Waals surface area (Å²) in [7, 11) is 1.63. The predicted molar refractivity (Wildman–Crippen MR) is 89.9 cm³/mol. The monoisotopic (exact) mass is 317 g/mol. The number of hydrogen-bond acceptors (Lipinski definition) is 4. The maximum atomic E-state index is 11.7. The molecule has 4 nitrogen and oxygen atoms in total. The molecule has 2 rings (SSSR count). The van der Waals surface area contributed by atoms with Gasteiger partial charge in [0.05, 0.1) is 19.1 Å². The molecule has 1 amide bonds. The van der Waals surface area contributed by atoms with Gasteiger partial charge in [0.2, 0.25) is 5.91 Å². The standard InChI is InChI=1S/C17H19NO3S/c1-20-15-7-4-14(5-8-15)6-9-17(19)18-10-12-22-13-16-3-2-11-21-16/h2-9,11H,10,12-13H2,1H3,(H,18,19). The van der Waals surface area contributed by atoms with Gasteiger partial charge in [0.15, 0.2) is 0 Å². The van der Waals surface area contributed by atoms with Crippen LogP contribution in [0.5, 0.6) is 5.75 Å². The van der Waals surface area contributed by atoms with E-state index in [0.717, 1.165) is 28.6 Å². The number of methoxy groups -OCH3 is 1. The van der Waals surface area contributed by atoms with Gasteiger partial charge in [0.1, 0.15) is 11.5 Å². The van der Waals surface area contributed by atoms with Crippen molar-refractivity contribution in [3.63, 3.8) is 0 Å². The van der Waals surface area contributed by atoms with Crippen molar-refractivity contribution in [3.8, 4) is 5.75 Å². The molecule has 1 aromatic heterocycles. The van der Waals surface area contributed by atoms with E-state index in [-0.39, 0.29) is 5.91 Å². The molecule has 5 heteroatoms. The second kappa shape index (κ2) is 9.00. The van der Waals surface area contributed by atoms with Gasteiger partial charge >= 0.3 is 0 Å². The van der Waals surface area contributed by atoms with Gasteiger partial charge in [-0.1, -0.05) is 12.1 Å². The van der Waals surface area contributed by atoms with E-state index in [1.54, 1.807) is 37.3 Å². The van der Waals surface area contributed by atoms with Crippen molar-refractivity contribution in [3.05, 3.63) is 60.1 Å². The molecule has 22 heavy (non-hydrogen) atoms. The molecule has 1 N–H and O–H groups in total. The molecule has 0 unspecified atom stereocenters. The van der Waals surface area contributed by atoms with E-state index in [0.29, 0.717) is 6.54 Å². The Labute approximate surface area is 134 Å². The average molecular weight is 317 g/mol. The van der Waals surface area contributed by atoms with Crippen LogP contribution in [0.1, 0.15) is 11.3 Å². The summed E-state index contributed by atoms with van der Waals surface area (Å²) < 4.78 is 10.3. The first-order chi connectivity index (χ1) is 10.8. The molecule has 0 spiro atoms. The van der Waals surface area contributed by atoms with Gasteiger partial charge in [-0.05, 0) is 35.9 Å². The lowest BCUT2D eigenvalue weighted by molar-refractivity contribution is -0.116. The lowest BCUT2D eigenvalue weighted by atomic mass is 10.2. The zero-order valence-electron chi connectivity index (χ0n) is 12.5. The number of carbonyl (C=O) groups excluding carboxylic acids is 1. The molecule has 1 aromatic carbocycles. The number of nitrogens with one attached hydrogen (secondary N) is 1. The summed E-state index contributed by atoms with van der Waals surface area (Å²) in [5, 5.41) is 2.85. The summed E-state index contributed by atoms with van der Waals surface area (Å²) in [6.07, 6.45) is 4.99. The summed E-state index contributed by atoms with van der Waals surface area (Å²) in [6, 6.07) is 11.4. The smallest absolute Gasteiger partial charge is 0.244 e. The largest absolute Gasteiger partial charge is 0.497 e. The Hall–Kier alpha value is -2.14. The van der Waals surface area contributed by atoms with Crippen LogP contribution < -0.4 is 10.1 Å². The molecule has 0 radical (unpaired) electrons. The molecule has 0 aliphatic rings. The molecule has 0 saturated heterocycles. The Kier molecular flexibility index (Phi) is 6.64. The summed E-state index contributed by atoms with van der Waals surface area (Å²) in [6.45, 7) is 0.636. The van der Waals surface area contributed by atoms with Gasteiger partial charge in [-0.15, -0.1) is 0 Å². The van der Waals surface area contributed by atoms with Crippen LogP contribution in [0.4, 0.5) is 0 Å². The average Bonchev–Trinajstić information content (AvgIpc) is 3.06.